The van der Waals surface area contributed by atoms with E-state index in [9.17, 15) is 4.79 Å². The predicted octanol–water partition coefficient (Wildman–Crippen LogP) is 2.95. The minimum atomic E-state index is -0.193. The van der Waals surface area contributed by atoms with E-state index in [-0.39, 0.29) is 12.1 Å². The molecule has 1 aromatic carbocycles. The molecule has 0 radical (unpaired) electrons. The molecule has 0 saturated carbocycles. The fourth-order valence-corrected chi connectivity index (χ4v) is 3.91. The van der Waals surface area contributed by atoms with E-state index in [4.69, 9.17) is 4.74 Å². The highest BCUT2D eigenvalue weighted by Crippen LogP contribution is 2.35. The number of rotatable bonds is 2. The third-order valence-corrected chi connectivity index (χ3v) is 5.14. The van der Waals surface area contributed by atoms with Crippen LogP contribution in [0.2, 0.25) is 0 Å². The van der Waals surface area contributed by atoms with Crippen molar-refractivity contribution in [3.05, 3.63) is 36.0 Å². The van der Waals surface area contributed by atoms with E-state index in [2.05, 4.69) is 16.9 Å². The summed E-state index contributed by atoms with van der Waals surface area (Å²) in [4.78, 5) is 18.0. The second kappa shape index (κ2) is 4.88. The van der Waals surface area contributed by atoms with Gasteiger partial charge in [0.25, 0.3) is 0 Å². The number of para-hydroxylation sites is 1. The van der Waals surface area contributed by atoms with Crippen molar-refractivity contribution in [2.45, 2.75) is 43.9 Å². The molecule has 21 heavy (non-hydrogen) atoms. The third kappa shape index (κ3) is 2.14. The Balaban J connectivity index is 1.51. The van der Waals surface area contributed by atoms with E-state index in [1.54, 1.807) is 6.20 Å². The second-order valence-corrected chi connectivity index (χ2v) is 6.30. The zero-order chi connectivity index (χ0) is 14.4. The van der Waals surface area contributed by atoms with Crippen LogP contribution in [0.15, 0.2) is 30.5 Å². The molecule has 4 heteroatoms. The van der Waals surface area contributed by atoms with Crippen LogP contribution in [0.25, 0.3) is 10.9 Å². The van der Waals surface area contributed by atoms with Crippen molar-refractivity contribution in [3.8, 4) is 0 Å². The third-order valence-electron chi connectivity index (χ3n) is 5.14. The minimum absolute atomic E-state index is 0.0693. The molecule has 110 valence electrons. The molecule has 2 atom stereocenters. The summed E-state index contributed by atoms with van der Waals surface area (Å²) in [7, 11) is 2.19. The molecular formula is C17H20N2O2. The van der Waals surface area contributed by atoms with Crippen LogP contribution in [0, 0.1) is 0 Å². The number of hydrogen-bond acceptors (Lipinski definition) is 3. The lowest BCUT2D eigenvalue weighted by molar-refractivity contribution is -0.000258. The highest BCUT2D eigenvalue weighted by Gasteiger charge is 2.40. The van der Waals surface area contributed by atoms with E-state index in [1.807, 2.05) is 24.3 Å². The van der Waals surface area contributed by atoms with Crippen LogP contribution in [0.3, 0.4) is 0 Å². The number of nitrogens with one attached hydrogen (secondary N) is 1. The van der Waals surface area contributed by atoms with Gasteiger partial charge in [0.05, 0.1) is 5.56 Å². The summed E-state index contributed by atoms with van der Waals surface area (Å²) in [6, 6.07) is 9.02. The first-order valence-corrected chi connectivity index (χ1v) is 7.71. The average Bonchev–Trinajstić information content (AvgIpc) is 2.98. The molecule has 3 heterocycles. The summed E-state index contributed by atoms with van der Waals surface area (Å²) >= 11 is 0. The molecule has 2 bridgehead atoms. The molecule has 1 N–H and O–H groups in total. The Morgan fingerprint density at radius 1 is 1.24 bits per heavy atom. The van der Waals surface area contributed by atoms with Crippen molar-refractivity contribution in [1.29, 1.82) is 0 Å². The molecule has 0 spiro atoms. The highest BCUT2D eigenvalue weighted by molar-refractivity contribution is 6.04. The highest BCUT2D eigenvalue weighted by atomic mass is 16.5. The van der Waals surface area contributed by atoms with Gasteiger partial charge < -0.3 is 14.6 Å². The number of carbonyl (C=O) groups excluding carboxylic acids is 1. The van der Waals surface area contributed by atoms with Crippen molar-refractivity contribution in [3.63, 3.8) is 0 Å². The summed E-state index contributed by atoms with van der Waals surface area (Å²) in [5, 5.41) is 0.943. The number of hydrogen-bond donors (Lipinski definition) is 1. The maximum absolute atomic E-state index is 12.4. The van der Waals surface area contributed by atoms with E-state index in [1.165, 1.54) is 12.8 Å². The van der Waals surface area contributed by atoms with Crippen LogP contribution in [0.4, 0.5) is 0 Å². The van der Waals surface area contributed by atoms with Crippen LogP contribution in [0.1, 0.15) is 36.0 Å². The lowest BCUT2D eigenvalue weighted by Crippen LogP contribution is -2.43. The lowest BCUT2D eigenvalue weighted by atomic mass is 10.0. The molecular weight excluding hydrogens is 264 g/mol. The van der Waals surface area contributed by atoms with Gasteiger partial charge in [-0.2, -0.15) is 0 Å². The number of H-pyrrole nitrogens is 1. The largest absolute Gasteiger partial charge is 0.459 e. The van der Waals surface area contributed by atoms with Crippen LogP contribution in [-0.4, -0.2) is 41.1 Å². The Labute approximate surface area is 124 Å². The Morgan fingerprint density at radius 2 is 1.95 bits per heavy atom. The normalized spacial score (nSPS) is 28.9. The van der Waals surface area contributed by atoms with Gasteiger partial charge in [-0.05, 0) is 26.0 Å². The monoisotopic (exact) mass is 284 g/mol. The molecule has 1 aromatic heterocycles. The molecule has 2 aromatic rings. The lowest BCUT2D eigenvalue weighted by Gasteiger charge is -2.35. The Morgan fingerprint density at radius 3 is 2.71 bits per heavy atom. The maximum atomic E-state index is 12.4. The molecule has 2 saturated heterocycles. The number of esters is 1. The number of aromatic nitrogens is 1. The summed E-state index contributed by atoms with van der Waals surface area (Å²) in [5.41, 5.74) is 1.63. The number of aromatic amines is 1. The Kier molecular flexibility index (Phi) is 3.00. The molecule has 4 nitrogen and oxygen atoms in total. The first-order valence-electron chi connectivity index (χ1n) is 7.71. The molecule has 2 aliphatic heterocycles. The molecule has 0 unspecified atom stereocenters. The van der Waals surface area contributed by atoms with Gasteiger partial charge in [0, 0.05) is 42.0 Å². The SMILES string of the molecule is CN1[C@@H]2CC[C@@H]1CC(OC(=O)c1c[nH]c3ccccc13)C2. The Bertz CT molecular complexity index is 664. The number of carbonyl (C=O) groups is 1. The number of nitrogens with zero attached hydrogens (tertiary/aromatic N) is 1. The van der Waals surface area contributed by atoms with Gasteiger partial charge in [0.15, 0.2) is 0 Å². The van der Waals surface area contributed by atoms with Crippen molar-refractivity contribution in [2.75, 3.05) is 7.05 Å². The van der Waals surface area contributed by atoms with Gasteiger partial charge >= 0.3 is 5.97 Å². The fraction of sp³-hybridized carbons (Fsp3) is 0.471. The minimum Gasteiger partial charge on any atom is -0.459 e. The van der Waals surface area contributed by atoms with Gasteiger partial charge in [-0.25, -0.2) is 4.79 Å². The molecule has 2 fully saturated rings. The van der Waals surface area contributed by atoms with E-state index in [0.717, 1.165) is 23.7 Å². The zero-order valence-electron chi connectivity index (χ0n) is 12.2. The van der Waals surface area contributed by atoms with E-state index >= 15 is 0 Å². The van der Waals surface area contributed by atoms with Crippen molar-refractivity contribution in [1.82, 2.24) is 9.88 Å². The van der Waals surface area contributed by atoms with Crippen LogP contribution in [-0.2, 0) is 4.74 Å². The number of ether oxygens (including phenoxy) is 1. The average molecular weight is 284 g/mol. The van der Waals surface area contributed by atoms with Gasteiger partial charge in [0.2, 0.25) is 0 Å². The Hall–Kier alpha value is -1.81. The maximum Gasteiger partial charge on any atom is 0.340 e. The summed E-state index contributed by atoms with van der Waals surface area (Å²) in [6.45, 7) is 0. The quantitative estimate of drug-likeness (QED) is 0.862. The summed E-state index contributed by atoms with van der Waals surface area (Å²) < 4.78 is 5.79. The first kappa shape index (κ1) is 12.9. The standard InChI is InChI=1S/C17H20N2O2/c1-19-11-6-7-12(19)9-13(8-11)21-17(20)15-10-18-16-5-3-2-4-14(15)16/h2-5,10-13,18H,6-9H2,1H3/t11-,12-/m1/s1. The second-order valence-electron chi connectivity index (χ2n) is 6.30. The molecule has 4 rings (SSSR count). The van der Waals surface area contributed by atoms with Gasteiger partial charge in [-0.3, -0.25) is 0 Å². The summed E-state index contributed by atoms with van der Waals surface area (Å²) in [6.07, 6.45) is 6.25. The first-order chi connectivity index (χ1) is 10.2. The predicted molar refractivity (Wildman–Crippen MR) is 81.3 cm³/mol. The van der Waals surface area contributed by atoms with Crippen molar-refractivity contribution in [2.24, 2.45) is 0 Å². The molecule has 2 aliphatic rings. The number of fused-ring (bicyclic) bond motifs is 3. The smallest absolute Gasteiger partial charge is 0.340 e. The van der Waals surface area contributed by atoms with Crippen LogP contribution in [0.5, 0.6) is 0 Å². The van der Waals surface area contributed by atoms with Gasteiger partial charge in [0.1, 0.15) is 6.10 Å². The van der Waals surface area contributed by atoms with Gasteiger partial charge in [-0.1, -0.05) is 18.2 Å². The zero-order valence-corrected chi connectivity index (χ0v) is 12.2. The fourth-order valence-electron chi connectivity index (χ4n) is 3.91. The summed E-state index contributed by atoms with van der Waals surface area (Å²) in [5.74, 6) is -0.193. The topological polar surface area (TPSA) is 45.3 Å². The van der Waals surface area contributed by atoms with E-state index < -0.39 is 0 Å². The van der Waals surface area contributed by atoms with Crippen LogP contribution < -0.4 is 0 Å². The van der Waals surface area contributed by atoms with Gasteiger partial charge in [-0.15, -0.1) is 0 Å². The van der Waals surface area contributed by atoms with Crippen molar-refractivity contribution >= 4 is 16.9 Å². The molecule has 0 aliphatic carbocycles. The number of benzene rings is 1. The van der Waals surface area contributed by atoms with E-state index in [0.29, 0.717) is 17.6 Å². The van der Waals surface area contributed by atoms with Crippen molar-refractivity contribution < 1.29 is 9.53 Å². The van der Waals surface area contributed by atoms with Crippen LogP contribution >= 0.6 is 0 Å². The number of piperidine rings is 1. The molecule has 0 amide bonds.